The molecule has 0 bridgehead atoms. The molecule has 0 spiro atoms. The molecule has 9 N–H and O–H groups in total. The molecule has 0 aromatic heterocycles. The van der Waals surface area contributed by atoms with Crippen LogP contribution in [-0.4, -0.2) is 140 Å². The van der Waals surface area contributed by atoms with E-state index in [0.29, 0.717) is 19.3 Å². The van der Waals surface area contributed by atoms with Crippen LogP contribution >= 0.6 is 0 Å². The lowest BCUT2D eigenvalue weighted by molar-refractivity contribution is -0.359. The predicted molar refractivity (Wildman–Crippen MR) is 207 cm³/mol. The first kappa shape index (κ1) is 48.8. The number of carbonyl (C=O) groups is 1. The van der Waals surface area contributed by atoms with E-state index < -0.39 is 86.8 Å². The number of hydrogen-bond donors (Lipinski definition) is 9. The van der Waals surface area contributed by atoms with Gasteiger partial charge in [-0.1, -0.05) is 100 Å². The summed E-state index contributed by atoms with van der Waals surface area (Å²) in [5.41, 5.74) is 0. The van der Waals surface area contributed by atoms with Crippen LogP contribution in [0.4, 0.5) is 0 Å². The third-order valence-corrected chi connectivity index (χ3v) is 9.50. The molecule has 316 valence electrons. The van der Waals surface area contributed by atoms with Gasteiger partial charge < -0.3 is 65.1 Å². The van der Waals surface area contributed by atoms with Gasteiger partial charge in [0, 0.05) is 6.42 Å². The maximum Gasteiger partial charge on any atom is 0.220 e. The van der Waals surface area contributed by atoms with E-state index in [2.05, 4.69) is 73.8 Å². The Bertz CT molecular complexity index is 1160. The van der Waals surface area contributed by atoms with Crippen molar-refractivity contribution >= 4 is 5.91 Å². The van der Waals surface area contributed by atoms with E-state index >= 15 is 0 Å². The topological polar surface area (TPSA) is 228 Å². The van der Waals surface area contributed by atoms with Crippen LogP contribution in [0.1, 0.15) is 97.3 Å². The van der Waals surface area contributed by atoms with Gasteiger partial charge in [-0.15, -0.1) is 0 Å². The molecule has 2 saturated heterocycles. The fourth-order valence-electron chi connectivity index (χ4n) is 6.15. The Hall–Kier alpha value is -2.31. The van der Waals surface area contributed by atoms with E-state index in [9.17, 15) is 45.6 Å². The standard InChI is InChI=1S/C41H69NO13/c1-3-5-7-9-10-11-12-13-14-15-16-17-18-19-20-21-23-25-33(46)42-29(30(45)24-22-8-6-4-2)28-52-40-38(51)36(49)39(32(27-44)54-40)55-41-37(50)35(48)34(47)31(26-43)53-41/h5,7,10-11,13-14,16-17,19-20,29-32,34-41,43-45,47-51H,3-4,6,8-9,12,15,18,21-28H2,1-2H3,(H,42,46)/b7-5-,11-10-,14-13-,17-16-,20-19-. The van der Waals surface area contributed by atoms with Crippen molar-refractivity contribution in [2.24, 2.45) is 0 Å². The lowest BCUT2D eigenvalue weighted by Gasteiger charge is -2.46. The molecule has 14 heteroatoms. The van der Waals surface area contributed by atoms with Crippen molar-refractivity contribution in [2.45, 2.75) is 171 Å². The summed E-state index contributed by atoms with van der Waals surface area (Å²) in [5.74, 6) is -0.278. The molecule has 14 nitrogen and oxygen atoms in total. The molecule has 0 aromatic carbocycles. The number of unbranched alkanes of at least 4 members (excludes halogenated alkanes) is 4. The maximum atomic E-state index is 12.9. The average molecular weight is 784 g/mol. The second-order valence-electron chi connectivity index (χ2n) is 14.0. The Morgan fingerprint density at radius 2 is 1.24 bits per heavy atom. The molecular weight excluding hydrogens is 714 g/mol. The van der Waals surface area contributed by atoms with Gasteiger partial charge in [0.2, 0.25) is 5.91 Å². The lowest BCUT2D eigenvalue weighted by atomic mass is 9.97. The minimum Gasteiger partial charge on any atom is -0.394 e. The number of amides is 1. The zero-order valence-electron chi connectivity index (χ0n) is 32.6. The molecular formula is C41H69NO13. The van der Waals surface area contributed by atoms with Gasteiger partial charge in [-0.2, -0.15) is 0 Å². The van der Waals surface area contributed by atoms with Gasteiger partial charge in [-0.25, -0.2) is 0 Å². The lowest BCUT2D eigenvalue weighted by Crippen LogP contribution is -2.65. The summed E-state index contributed by atoms with van der Waals surface area (Å²) in [5, 5.41) is 85.7. The molecule has 0 aromatic rings. The van der Waals surface area contributed by atoms with E-state index in [0.717, 1.165) is 57.8 Å². The van der Waals surface area contributed by atoms with Crippen LogP contribution in [0.25, 0.3) is 0 Å². The minimum absolute atomic E-state index is 0.220. The molecule has 12 atom stereocenters. The highest BCUT2D eigenvalue weighted by Gasteiger charge is 2.50. The number of aliphatic hydroxyl groups excluding tert-OH is 8. The third-order valence-electron chi connectivity index (χ3n) is 9.50. The number of aliphatic hydroxyl groups is 8. The summed E-state index contributed by atoms with van der Waals surface area (Å²) in [6.07, 6.45) is 14.7. The van der Waals surface area contributed by atoms with Crippen LogP contribution < -0.4 is 5.32 Å². The highest BCUT2D eigenvalue weighted by atomic mass is 16.7. The van der Waals surface area contributed by atoms with Gasteiger partial charge in [-0.05, 0) is 51.4 Å². The van der Waals surface area contributed by atoms with E-state index in [4.69, 9.17) is 18.9 Å². The van der Waals surface area contributed by atoms with Crippen molar-refractivity contribution in [1.82, 2.24) is 5.32 Å². The average Bonchev–Trinajstić information content (AvgIpc) is 3.18. The zero-order valence-corrected chi connectivity index (χ0v) is 32.6. The van der Waals surface area contributed by atoms with Gasteiger partial charge in [0.15, 0.2) is 12.6 Å². The van der Waals surface area contributed by atoms with Gasteiger partial charge >= 0.3 is 0 Å². The molecule has 2 fully saturated rings. The van der Waals surface area contributed by atoms with Crippen molar-refractivity contribution < 1.29 is 64.6 Å². The normalized spacial score (nSPS) is 30.4. The van der Waals surface area contributed by atoms with Gasteiger partial charge in [0.25, 0.3) is 0 Å². The molecule has 2 rings (SSSR count). The number of rotatable bonds is 27. The summed E-state index contributed by atoms with van der Waals surface area (Å²) >= 11 is 0. The summed E-state index contributed by atoms with van der Waals surface area (Å²) in [4.78, 5) is 12.9. The summed E-state index contributed by atoms with van der Waals surface area (Å²) < 4.78 is 22.4. The van der Waals surface area contributed by atoms with Crippen molar-refractivity contribution in [3.8, 4) is 0 Å². The Morgan fingerprint density at radius 1 is 0.673 bits per heavy atom. The summed E-state index contributed by atoms with van der Waals surface area (Å²) in [6.45, 7) is 2.50. The Balaban J connectivity index is 1.86. The van der Waals surface area contributed by atoms with Crippen LogP contribution in [-0.2, 0) is 23.7 Å². The Kier molecular flexibility index (Phi) is 25.7. The van der Waals surface area contributed by atoms with Gasteiger partial charge in [0.05, 0.1) is 32.0 Å². The van der Waals surface area contributed by atoms with E-state index in [1.807, 2.05) is 6.08 Å². The van der Waals surface area contributed by atoms with Gasteiger partial charge in [-0.3, -0.25) is 4.79 Å². The first-order chi connectivity index (χ1) is 26.6. The number of allylic oxidation sites excluding steroid dienone is 10. The fourth-order valence-corrected chi connectivity index (χ4v) is 6.15. The van der Waals surface area contributed by atoms with E-state index in [-0.39, 0.29) is 18.9 Å². The molecule has 0 aliphatic carbocycles. The van der Waals surface area contributed by atoms with Crippen LogP contribution in [0.5, 0.6) is 0 Å². The summed E-state index contributed by atoms with van der Waals surface area (Å²) in [6, 6.07) is -0.855. The van der Waals surface area contributed by atoms with E-state index in [1.165, 1.54) is 0 Å². The largest absolute Gasteiger partial charge is 0.394 e. The number of hydrogen-bond acceptors (Lipinski definition) is 13. The first-order valence-electron chi connectivity index (χ1n) is 20.0. The van der Waals surface area contributed by atoms with Crippen molar-refractivity contribution in [3.05, 3.63) is 60.8 Å². The SMILES string of the molecule is CC/C=C\C/C=C\C/C=C\C/C=C\C/C=C\CCCC(=O)NC(COC1OC(CO)C(OC2OC(CO)C(O)C(O)C2O)C(O)C1O)C(O)CCCCCC. The highest BCUT2D eigenvalue weighted by Crippen LogP contribution is 2.29. The fraction of sp³-hybridized carbons (Fsp3) is 0.732. The molecule has 0 radical (unpaired) electrons. The molecule has 1 amide bonds. The second-order valence-corrected chi connectivity index (χ2v) is 14.0. The predicted octanol–water partition coefficient (Wildman–Crippen LogP) is 2.36. The zero-order chi connectivity index (χ0) is 40.4. The molecule has 2 aliphatic rings. The van der Waals surface area contributed by atoms with Crippen LogP contribution in [0, 0.1) is 0 Å². The highest BCUT2D eigenvalue weighted by molar-refractivity contribution is 5.76. The van der Waals surface area contributed by atoms with Crippen LogP contribution in [0.2, 0.25) is 0 Å². The molecule has 0 saturated carbocycles. The Labute approximate surface area is 326 Å². The molecule has 55 heavy (non-hydrogen) atoms. The molecule has 2 heterocycles. The van der Waals surface area contributed by atoms with Gasteiger partial charge in [0.1, 0.15) is 48.8 Å². The number of nitrogens with one attached hydrogen (secondary N) is 1. The van der Waals surface area contributed by atoms with Crippen molar-refractivity contribution in [3.63, 3.8) is 0 Å². The molecule has 2 aliphatic heterocycles. The van der Waals surface area contributed by atoms with Crippen LogP contribution in [0.15, 0.2) is 60.8 Å². The van der Waals surface area contributed by atoms with E-state index in [1.54, 1.807) is 0 Å². The second kappa shape index (κ2) is 29.0. The smallest absolute Gasteiger partial charge is 0.220 e. The maximum absolute atomic E-state index is 12.9. The monoisotopic (exact) mass is 783 g/mol. The quantitative estimate of drug-likeness (QED) is 0.0431. The molecule has 12 unspecified atom stereocenters. The Morgan fingerprint density at radius 3 is 1.82 bits per heavy atom. The summed E-state index contributed by atoms with van der Waals surface area (Å²) in [7, 11) is 0. The number of carbonyl (C=O) groups excluding carboxylic acids is 1. The van der Waals surface area contributed by atoms with Crippen molar-refractivity contribution in [2.75, 3.05) is 19.8 Å². The van der Waals surface area contributed by atoms with Crippen molar-refractivity contribution in [1.29, 1.82) is 0 Å². The third kappa shape index (κ3) is 18.2. The minimum atomic E-state index is -1.79. The van der Waals surface area contributed by atoms with Crippen LogP contribution in [0.3, 0.4) is 0 Å². The first-order valence-corrected chi connectivity index (χ1v) is 20.0. The number of ether oxygens (including phenoxy) is 4.